The lowest BCUT2D eigenvalue weighted by molar-refractivity contribution is -0.153. The van der Waals surface area contributed by atoms with E-state index in [1.54, 1.807) is 19.1 Å². The number of aliphatic imine (C=N–C) groups is 1. The van der Waals surface area contributed by atoms with E-state index in [0.717, 1.165) is 5.56 Å². The molecular formula is C16H21F3IN5O2. The van der Waals surface area contributed by atoms with E-state index in [2.05, 4.69) is 30.5 Å². The molecule has 1 heterocycles. The number of ether oxygens (including phenoxy) is 1. The summed E-state index contributed by atoms with van der Waals surface area (Å²) in [7, 11) is 0. The summed E-state index contributed by atoms with van der Waals surface area (Å²) >= 11 is 0. The van der Waals surface area contributed by atoms with Crippen molar-refractivity contribution in [3.8, 4) is 5.75 Å². The van der Waals surface area contributed by atoms with Gasteiger partial charge in [-0.2, -0.15) is 18.2 Å². The normalized spacial score (nSPS) is 11.7. The number of halogens is 4. The molecule has 0 saturated heterocycles. The summed E-state index contributed by atoms with van der Waals surface area (Å²) < 4.78 is 45.9. The van der Waals surface area contributed by atoms with Crippen molar-refractivity contribution in [2.75, 3.05) is 13.2 Å². The smallest absolute Gasteiger partial charge is 0.422 e. The van der Waals surface area contributed by atoms with Crippen LogP contribution in [0.5, 0.6) is 5.75 Å². The lowest BCUT2D eigenvalue weighted by Crippen LogP contribution is -2.37. The number of nitrogens with zero attached hydrogens (tertiary/aromatic N) is 3. The standard InChI is InChI=1S/C16H20F3N5O2.HI/c1-3-20-15(22-9-14-23-11(2)26-24-14)21-8-12-4-6-13(7-5-12)25-10-16(17,18)19;/h4-7H,3,8-10H2,1-2H3,(H2,20,21,22);1H. The van der Waals surface area contributed by atoms with E-state index < -0.39 is 12.8 Å². The minimum Gasteiger partial charge on any atom is -0.484 e. The van der Waals surface area contributed by atoms with Crippen molar-refractivity contribution in [2.45, 2.75) is 33.1 Å². The summed E-state index contributed by atoms with van der Waals surface area (Å²) in [6.07, 6.45) is -4.35. The maximum Gasteiger partial charge on any atom is 0.422 e. The molecule has 0 saturated carbocycles. The maximum atomic E-state index is 12.1. The van der Waals surface area contributed by atoms with Crippen LogP contribution >= 0.6 is 24.0 Å². The fourth-order valence-electron chi connectivity index (χ4n) is 1.94. The van der Waals surface area contributed by atoms with E-state index in [4.69, 9.17) is 4.52 Å². The number of rotatable bonds is 7. The van der Waals surface area contributed by atoms with Crippen LogP contribution in [-0.2, 0) is 13.1 Å². The van der Waals surface area contributed by atoms with E-state index in [9.17, 15) is 13.2 Å². The molecule has 0 atom stereocenters. The van der Waals surface area contributed by atoms with Gasteiger partial charge in [-0.15, -0.1) is 24.0 Å². The predicted octanol–water partition coefficient (Wildman–Crippen LogP) is 3.19. The first-order valence-electron chi connectivity index (χ1n) is 7.95. The second kappa shape index (κ2) is 10.9. The average molecular weight is 499 g/mol. The summed E-state index contributed by atoms with van der Waals surface area (Å²) in [4.78, 5) is 8.50. The molecule has 0 fully saturated rings. The molecular weight excluding hydrogens is 478 g/mol. The molecule has 2 rings (SSSR count). The Balaban J connectivity index is 0.00000364. The van der Waals surface area contributed by atoms with Crippen molar-refractivity contribution in [3.63, 3.8) is 0 Å². The first-order chi connectivity index (χ1) is 12.4. The molecule has 2 N–H and O–H groups in total. The number of aromatic nitrogens is 2. The molecule has 1 aromatic heterocycles. The molecule has 0 aliphatic carbocycles. The van der Waals surface area contributed by atoms with Crippen molar-refractivity contribution in [1.82, 2.24) is 20.8 Å². The van der Waals surface area contributed by atoms with Crippen LogP contribution in [-0.4, -0.2) is 35.4 Å². The van der Waals surface area contributed by atoms with Gasteiger partial charge in [0.1, 0.15) is 5.75 Å². The van der Waals surface area contributed by atoms with Gasteiger partial charge in [0.05, 0.1) is 13.1 Å². The predicted molar refractivity (Wildman–Crippen MR) is 104 cm³/mol. The quantitative estimate of drug-likeness (QED) is 0.346. The Morgan fingerprint density at radius 1 is 1.22 bits per heavy atom. The highest BCUT2D eigenvalue weighted by atomic mass is 127. The van der Waals surface area contributed by atoms with Crippen molar-refractivity contribution in [3.05, 3.63) is 41.5 Å². The molecule has 0 radical (unpaired) electrons. The molecule has 0 spiro atoms. The summed E-state index contributed by atoms with van der Waals surface area (Å²) in [6, 6.07) is 6.31. The largest absolute Gasteiger partial charge is 0.484 e. The fourth-order valence-corrected chi connectivity index (χ4v) is 1.94. The molecule has 0 aliphatic rings. The molecule has 11 heteroatoms. The molecule has 27 heavy (non-hydrogen) atoms. The molecule has 7 nitrogen and oxygen atoms in total. The van der Waals surface area contributed by atoms with Crippen LogP contribution < -0.4 is 15.4 Å². The third-order valence-electron chi connectivity index (χ3n) is 3.07. The number of hydrogen-bond donors (Lipinski definition) is 2. The van der Waals surface area contributed by atoms with Crippen molar-refractivity contribution in [1.29, 1.82) is 0 Å². The number of alkyl halides is 3. The number of hydrogen-bond acceptors (Lipinski definition) is 5. The second-order valence-corrected chi connectivity index (χ2v) is 5.33. The molecule has 1 aromatic carbocycles. The Labute approximate surface area is 171 Å². The van der Waals surface area contributed by atoms with Crippen LogP contribution in [0.15, 0.2) is 33.8 Å². The van der Waals surface area contributed by atoms with Gasteiger partial charge in [0.25, 0.3) is 0 Å². The van der Waals surface area contributed by atoms with Gasteiger partial charge >= 0.3 is 6.18 Å². The Morgan fingerprint density at radius 2 is 1.93 bits per heavy atom. The molecule has 150 valence electrons. The average Bonchev–Trinajstić information content (AvgIpc) is 3.01. The van der Waals surface area contributed by atoms with Crippen molar-refractivity contribution < 1.29 is 22.4 Å². The van der Waals surface area contributed by atoms with Crippen LogP contribution in [0.1, 0.15) is 24.2 Å². The van der Waals surface area contributed by atoms with Gasteiger partial charge in [0, 0.05) is 13.5 Å². The molecule has 0 unspecified atom stereocenters. The van der Waals surface area contributed by atoms with Crippen LogP contribution in [0.4, 0.5) is 13.2 Å². The van der Waals surface area contributed by atoms with E-state index in [0.29, 0.717) is 37.3 Å². The first kappa shape index (κ1) is 23.0. The number of guanidine groups is 1. The second-order valence-electron chi connectivity index (χ2n) is 5.33. The van der Waals surface area contributed by atoms with Crippen LogP contribution in [0.3, 0.4) is 0 Å². The molecule has 2 aromatic rings. The van der Waals surface area contributed by atoms with Crippen LogP contribution in [0.25, 0.3) is 0 Å². The van der Waals surface area contributed by atoms with Crippen molar-refractivity contribution in [2.24, 2.45) is 4.99 Å². The Kier molecular flexibility index (Phi) is 9.32. The number of benzene rings is 1. The number of aryl methyl sites for hydroxylation is 1. The summed E-state index contributed by atoms with van der Waals surface area (Å²) in [5, 5.41) is 9.94. The summed E-state index contributed by atoms with van der Waals surface area (Å²) in [6.45, 7) is 3.70. The zero-order chi connectivity index (χ0) is 19.0. The van der Waals surface area contributed by atoms with E-state index in [1.165, 1.54) is 12.1 Å². The Bertz CT molecular complexity index is 720. The minimum absolute atomic E-state index is 0. The van der Waals surface area contributed by atoms with Crippen LogP contribution in [0.2, 0.25) is 0 Å². The highest BCUT2D eigenvalue weighted by Crippen LogP contribution is 2.19. The summed E-state index contributed by atoms with van der Waals surface area (Å²) in [5.41, 5.74) is 0.831. The molecule has 0 aliphatic heterocycles. The topological polar surface area (TPSA) is 84.6 Å². The van der Waals surface area contributed by atoms with Crippen LogP contribution in [0, 0.1) is 6.92 Å². The van der Waals surface area contributed by atoms with E-state index in [-0.39, 0.29) is 29.7 Å². The fraction of sp³-hybridized carbons (Fsp3) is 0.438. The highest BCUT2D eigenvalue weighted by Gasteiger charge is 2.28. The maximum absolute atomic E-state index is 12.1. The third kappa shape index (κ3) is 8.93. The van der Waals surface area contributed by atoms with E-state index >= 15 is 0 Å². The summed E-state index contributed by atoms with van der Waals surface area (Å²) in [5.74, 6) is 1.72. The van der Waals surface area contributed by atoms with Crippen molar-refractivity contribution >= 4 is 29.9 Å². The number of nitrogens with one attached hydrogen (secondary N) is 2. The Hall–Kier alpha value is -2.05. The molecule has 0 amide bonds. The SMILES string of the molecule is CCNC(=NCc1ccc(OCC(F)(F)F)cc1)NCc1noc(C)n1.I. The monoisotopic (exact) mass is 499 g/mol. The lowest BCUT2D eigenvalue weighted by Gasteiger charge is -2.10. The van der Waals surface area contributed by atoms with Gasteiger partial charge < -0.3 is 19.9 Å². The third-order valence-corrected chi connectivity index (χ3v) is 3.07. The zero-order valence-corrected chi connectivity index (χ0v) is 17.2. The van der Waals surface area contributed by atoms with Gasteiger partial charge in [-0.3, -0.25) is 0 Å². The van der Waals surface area contributed by atoms with Gasteiger partial charge in [0.15, 0.2) is 18.4 Å². The highest BCUT2D eigenvalue weighted by molar-refractivity contribution is 14.0. The van der Waals surface area contributed by atoms with Gasteiger partial charge in [-0.05, 0) is 24.6 Å². The first-order valence-corrected chi connectivity index (χ1v) is 7.95. The van der Waals surface area contributed by atoms with Gasteiger partial charge in [-0.1, -0.05) is 17.3 Å². The Morgan fingerprint density at radius 3 is 2.48 bits per heavy atom. The minimum atomic E-state index is -4.35. The van der Waals surface area contributed by atoms with E-state index in [1.807, 2.05) is 6.92 Å². The zero-order valence-electron chi connectivity index (χ0n) is 14.8. The van der Waals surface area contributed by atoms with Gasteiger partial charge in [-0.25, -0.2) is 4.99 Å². The lowest BCUT2D eigenvalue weighted by atomic mass is 10.2. The van der Waals surface area contributed by atoms with Gasteiger partial charge in [0.2, 0.25) is 5.89 Å². The molecule has 0 bridgehead atoms.